The van der Waals surface area contributed by atoms with E-state index >= 15 is 0 Å². The van der Waals surface area contributed by atoms with Crippen LogP contribution in [0.3, 0.4) is 0 Å². The van der Waals surface area contributed by atoms with E-state index in [0.717, 1.165) is 11.6 Å². The monoisotopic (exact) mass is 452 g/mol. The molecule has 2 saturated heterocycles. The fourth-order valence-electron chi connectivity index (χ4n) is 2.48. The molecule has 17 heteroatoms. The molecule has 0 spiro atoms. The van der Waals surface area contributed by atoms with E-state index in [4.69, 9.17) is 10.5 Å². The van der Waals surface area contributed by atoms with Crippen molar-refractivity contribution >= 4 is 40.9 Å². The summed E-state index contributed by atoms with van der Waals surface area (Å²) >= 11 is 0. The molecule has 4 heterocycles. The summed E-state index contributed by atoms with van der Waals surface area (Å²) in [5.74, 6) is 1.77. The molecule has 0 aromatic carbocycles. The van der Waals surface area contributed by atoms with Crippen molar-refractivity contribution in [3.8, 4) is 12.4 Å². The van der Waals surface area contributed by atoms with Crippen LogP contribution in [0.15, 0.2) is 48.8 Å². The van der Waals surface area contributed by atoms with Crippen LogP contribution in [0.4, 0.5) is 11.6 Å². The highest BCUT2D eigenvalue weighted by molar-refractivity contribution is 6.73. The third-order valence-corrected chi connectivity index (χ3v) is 3.92. The average molecular weight is 452 g/mol. The lowest BCUT2D eigenvalue weighted by molar-refractivity contribution is -0.573. The van der Waals surface area contributed by atoms with Crippen LogP contribution in [0.5, 0.6) is 0 Å². The number of fused-ring (bicyclic) bond motifs is 2. The molecule has 4 rings (SSSR count). The minimum absolute atomic E-state index is 0.884. The van der Waals surface area contributed by atoms with E-state index in [-0.39, 0.29) is 0 Å². The molecule has 2 bridgehead atoms. The first-order valence-electron chi connectivity index (χ1n) is 9.50. The third-order valence-electron chi connectivity index (χ3n) is 3.92. The number of hydrogen-bond donors (Lipinski definition) is 0. The molecule has 13 nitrogen and oxygen atoms in total. The maximum atomic E-state index is 10.5. The Balaban J connectivity index is 0.000000175. The summed E-state index contributed by atoms with van der Waals surface area (Å²) in [4.78, 5) is 3.78. The zero-order valence-electron chi connectivity index (χ0n) is 18.5. The van der Waals surface area contributed by atoms with Crippen LogP contribution in [0.25, 0.3) is 0 Å². The van der Waals surface area contributed by atoms with Crippen molar-refractivity contribution in [3.63, 3.8) is 0 Å². The first-order valence-corrected chi connectivity index (χ1v) is 9.50. The number of nitriles is 2. The Morgan fingerprint density at radius 3 is 1.33 bits per heavy atom. The fourth-order valence-corrected chi connectivity index (χ4v) is 2.48. The van der Waals surface area contributed by atoms with Gasteiger partial charge >= 0.3 is 41.7 Å². The Morgan fingerprint density at radius 1 is 0.697 bits per heavy atom. The predicted octanol–water partition coefficient (Wildman–Crippen LogP) is -3.50. The quantitative estimate of drug-likeness (QED) is 0.330. The Kier molecular flexibility index (Phi) is 10.1. The van der Waals surface area contributed by atoms with Crippen LogP contribution in [0.1, 0.15) is 0 Å². The van der Waals surface area contributed by atoms with Gasteiger partial charge < -0.3 is 32.9 Å². The molecule has 168 valence electrons. The SMILES string of the molecule is CN(C)c1cccc[n+]1C#N.CN(C)c1cccc[n+]1C#N.[O-]B1OB2OB([O-])OB(O1)O2. The van der Waals surface area contributed by atoms with E-state index < -0.39 is 29.3 Å². The summed E-state index contributed by atoms with van der Waals surface area (Å²) in [7, 11) is 1.62. The Bertz CT molecular complexity index is 897. The topological polar surface area (TPSA) is 154 Å². The molecular weight excluding hydrogens is 431 g/mol. The molecule has 0 N–H and O–H groups in total. The highest BCUT2D eigenvalue weighted by Crippen LogP contribution is 2.12. The van der Waals surface area contributed by atoms with Crippen molar-refractivity contribution in [2.75, 3.05) is 38.0 Å². The van der Waals surface area contributed by atoms with Gasteiger partial charge in [-0.15, -0.1) is 9.13 Å². The maximum Gasteiger partial charge on any atom is 0.597 e. The van der Waals surface area contributed by atoms with Gasteiger partial charge in [-0.1, -0.05) is 12.1 Å². The molecule has 0 aliphatic carbocycles. The minimum atomic E-state index is -1.73. The van der Waals surface area contributed by atoms with Gasteiger partial charge in [0, 0.05) is 22.7 Å². The summed E-state index contributed by atoms with van der Waals surface area (Å²) in [5, 5.41) is 38.3. The molecule has 0 amide bonds. The molecule has 33 heavy (non-hydrogen) atoms. The first-order chi connectivity index (χ1) is 15.7. The van der Waals surface area contributed by atoms with E-state index in [1.54, 1.807) is 12.4 Å². The minimum Gasteiger partial charge on any atom is -0.833 e. The first kappa shape index (κ1) is 26.1. The molecule has 2 aromatic rings. The van der Waals surface area contributed by atoms with Crippen molar-refractivity contribution in [1.82, 2.24) is 0 Å². The zero-order chi connectivity index (χ0) is 24.4. The van der Waals surface area contributed by atoms with Crippen molar-refractivity contribution in [2.45, 2.75) is 0 Å². The molecule has 0 saturated carbocycles. The normalized spacial score (nSPS) is 14.1. The highest BCUT2D eigenvalue weighted by Gasteiger charge is 2.44. The Labute approximate surface area is 193 Å². The van der Waals surface area contributed by atoms with Crippen LogP contribution in [0, 0.1) is 22.9 Å². The molecule has 2 aliphatic heterocycles. The van der Waals surface area contributed by atoms with Crippen LogP contribution < -0.4 is 29.0 Å². The van der Waals surface area contributed by atoms with E-state index in [0.29, 0.717) is 0 Å². The maximum absolute atomic E-state index is 10.5. The summed E-state index contributed by atoms with van der Waals surface area (Å²) in [6.07, 6.45) is 7.57. The molecule has 0 unspecified atom stereocenters. The number of hydrogen-bond acceptors (Lipinski definition) is 11. The smallest absolute Gasteiger partial charge is 0.597 e. The van der Waals surface area contributed by atoms with Crippen molar-refractivity contribution in [1.29, 1.82) is 10.5 Å². The largest absolute Gasteiger partial charge is 0.833 e. The zero-order valence-corrected chi connectivity index (χ0v) is 18.5. The second-order valence-electron chi connectivity index (χ2n) is 6.68. The molecule has 2 aromatic heterocycles. The average Bonchev–Trinajstić information content (AvgIpc) is 2.78. The van der Waals surface area contributed by atoms with Crippen molar-refractivity contribution in [2.24, 2.45) is 0 Å². The number of anilines is 2. The lowest BCUT2D eigenvalue weighted by Gasteiger charge is -2.40. The second-order valence-corrected chi connectivity index (χ2v) is 6.68. The van der Waals surface area contributed by atoms with Gasteiger partial charge in [0.2, 0.25) is 11.6 Å². The van der Waals surface area contributed by atoms with Gasteiger partial charge in [0.05, 0.1) is 40.6 Å². The Morgan fingerprint density at radius 2 is 1.06 bits per heavy atom. The summed E-state index contributed by atoms with van der Waals surface area (Å²) in [6, 6.07) is 11.3. The third kappa shape index (κ3) is 8.05. The van der Waals surface area contributed by atoms with Gasteiger partial charge in [-0.3, -0.25) is 9.80 Å². The summed E-state index contributed by atoms with van der Waals surface area (Å²) < 4.78 is 24.9. The lowest BCUT2D eigenvalue weighted by atomic mass is 9.90. The number of pyridine rings is 2. The summed E-state index contributed by atoms with van der Waals surface area (Å²) in [6.45, 7) is 0. The van der Waals surface area contributed by atoms with Crippen molar-refractivity contribution in [3.05, 3.63) is 48.8 Å². The van der Waals surface area contributed by atoms with Crippen LogP contribution in [0.2, 0.25) is 0 Å². The number of aromatic nitrogens is 2. The fraction of sp³-hybridized carbons (Fsp3) is 0.250. The highest BCUT2D eigenvalue weighted by atomic mass is 16.9. The Hall–Kier alpha value is -3.14. The molecule has 0 radical (unpaired) electrons. The van der Waals surface area contributed by atoms with Crippen LogP contribution >= 0.6 is 0 Å². The van der Waals surface area contributed by atoms with E-state index in [2.05, 4.69) is 35.2 Å². The van der Waals surface area contributed by atoms with Gasteiger partial charge in [-0.2, -0.15) is 0 Å². The van der Waals surface area contributed by atoms with Crippen LogP contribution in [-0.2, 0) is 22.9 Å². The standard InChI is InChI=1S/2C8H10N3.B4O7/c2*1-10(2)8-5-3-4-6-11(8)7-9;5-1-7-3-9-2(6)10-4(8-1)11-3/h2*3-6H,1-2H3;/q2*+1;-2. The van der Waals surface area contributed by atoms with Gasteiger partial charge in [0.1, 0.15) is 0 Å². The van der Waals surface area contributed by atoms with E-state index in [9.17, 15) is 10.0 Å². The van der Waals surface area contributed by atoms with E-state index in [1.165, 1.54) is 9.13 Å². The molecule has 0 atom stereocenters. The van der Waals surface area contributed by atoms with E-state index in [1.807, 2.05) is 74.4 Å². The van der Waals surface area contributed by atoms with Gasteiger partial charge in [0.15, 0.2) is 0 Å². The van der Waals surface area contributed by atoms with Gasteiger partial charge in [-0.25, -0.2) is 0 Å². The summed E-state index contributed by atoms with van der Waals surface area (Å²) in [5.41, 5.74) is 0. The van der Waals surface area contributed by atoms with Crippen LogP contribution in [-0.4, -0.2) is 57.5 Å². The van der Waals surface area contributed by atoms with Crippen molar-refractivity contribution < 1.29 is 42.0 Å². The lowest BCUT2D eigenvalue weighted by Crippen LogP contribution is -2.65. The number of rotatable bonds is 2. The van der Waals surface area contributed by atoms with Gasteiger partial charge in [0.25, 0.3) is 0 Å². The number of nitrogens with zero attached hydrogens (tertiary/aromatic N) is 6. The molecular formula is C16H20B4N6O7. The molecule has 2 aliphatic rings. The van der Waals surface area contributed by atoms with Gasteiger partial charge in [-0.05, 0) is 12.1 Å². The molecule has 2 fully saturated rings. The predicted molar refractivity (Wildman–Crippen MR) is 112 cm³/mol. The second kappa shape index (κ2) is 12.8.